The van der Waals surface area contributed by atoms with Crippen LogP contribution in [-0.2, 0) is 11.2 Å². The van der Waals surface area contributed by atoms with Crippen molar-refractivity contribution >= 4 is 11.0 Å². The lowest BCUT2D eigenvalue weighted by Crippen LogP contribution is -2.06. The molecule has 4 heteroatoms. The highest BCUT2D eigenvalue weighted by molar-refractivity contribution is 5.78. The van der Waals surface area contributed by atoms with E-state index in [2.05, 4.69) is 4.98 Å². The van der Waals surface area contributed by atoms with E-state index in [0.717, 1.165) is 22.5 Å². The van der Waals surface area contributed by atoms with Crippen molar-refractivity contribution < 1.29 is 9.13 Å². The molecule has 0 saturated heterocycles. The third-order valence-electron chi connectivity index (χ3n) is 3.37. The highest BCUT2D eigenvalue weighted by Gasteiger charge is 2.12. The van der Waals surface area contributed by atoms with Crippen LogP contribution in [0.25, 0.3) is 16.7 Å². The summed E-state index contributed by atoms with van der Waals surface area (Å²) >= 11 is 0. The van der Waals surface area contributed by atoms with Crippen LogP contribution in [0.4, 0.5) is 4.39 Å². The quantitative estimate of drug-likeness (QED) is 0.667. The standard InChI is InChI=1S/C17H17FN2O/c1-2-21-11-10-17-19-15-9-8-13(18)12-16(15)20(17)14-6-4-3-5-7-14/h3-9,12H,2,10-11H2,1H3. The number of aromatic nitrogens is 2. The minimum Gasteiger partial charge on any atom is -0.381 e. The average molecular weight is 284 g/mol. The molecule has 3 nitrogen and oxygen atoms in total. The van der Waals surface area contributed by atoms with Crippen molar-refractivity contribution in [3.05, 3.63) is 60.2 Å². The van der Waals surface area contributed by atoms with Gasteiger partial charge in [-0.25, -0.2) is 9.37 Å². The van der Waals surface area contributed by atoms with Gasteiger partial charge in [0.25, 0.3) is 0 Å². The Morgan fingerprint density at radius 2 is 1.95 bits per heavy atom. The first-order chi connectivity index (χ1) is 10.3. The number of ether oxygens (including phenoxy) is 1. The Hall–Kier alpha value is -2.20. The number of halogens is 1. The summed E-state index contributed by atoms with van der Waals surface area (Å²) in [4.78, 5) is 4.62. The van der Waals surface area contributed by atoms with Gasteiger partial charge in [0.2, 0.25) is 0 Å². The summed E-state index contributed by atoms with van der Waals surface area (Å²) in [5.74, 6) is 0.631. The van der Waals surface area contributed by atoms with Gasteiger partial charge in [-0.3, -0.25) is 4.57 Å². The van der Waals surface area contributed by atoms with Crippen LogP contribution in [0.2, 0.25) is 0 Å². The molecule has 0 bridgehead atoms. The molecule has 0 unspecified atom stereocenters. The predicted octanol–water partition coefficient (Wildman–Crippen LogP) is 3.74. The molecule has 0 saturated carbocycles. The Kier molecular flexibility index (Phi) is 3.97. The van der Waals surface area contributed by atoms with Crippen LogP contribution in [0.5, 0.6) is 0 Å². The molecule has 0 aliphatic heterocycles. The maximum atomic E-state index is 13.6. The number of imidazole rings is 1. The molecule has 0 fully saturated rings. The SMILES string of the molecule is CCOCCc1nc2ccc(F)cc2n1-c1ccccc1. The molecular formula is C17H17FN2O. The molecule has 3 rings (SSSR count). The summed E-state index contributed by atoms with van der Waals surface area (Å²) in [6, 6.07) is 14.6. The Morgan fingerprint density at radius 3 is 2.71 bits per heavy atom. The summed E-state index contributed by atoms with van der Waals surface area (Å²) in [6.45, 7) is 3.25. The fourth-order valence-corrected chi connectivity index (χ4v) is 2.44. The van der Waals surface area contributed by atoms with Crippen LogP contribution in [-0.4, -0.2) is 22.8 Å². The highest BCUT2D eigenvalue weighted by atomic mass is 19.1. The minimum atomic E-state index is -0.254. The molecule has 0 aliphatic rings. The van der Waals surface area contributed by atoms with Gasteiger partial charge in [0, 0.05) is 24.8 Å². The van der Waals surface area contributed by atoms with Crippen LogP contribution >= 0.6 is 0 Å². The Labute approximate surface area is 123 Å². The predicted molar refractivity (Wildman–Crippen MR) is 81.2 cm³/mol. The van der Waals surface area contributed by atoms with Crippen molar-refractivity contribution in [1.82, 2.24) is 9.55 Å². The largest absolute Gasteiger partial charge is 0.381 e. The van der Waals surface area contributed by atoms with Crippen LogP contribution < -0.4 is 0 Å². The molecule has 108 valence electrons. The Morgan fingerprint density at radius 1 is 1.14 bits per heavy atom. The van der Waals surface area contributed by atoms with Gasteiger partial charge in [-0.2, -0.15) is 0 Å². The third kappa shape index (κ3) is 2.81. The van der Waals surface area contributed by atoms with Gasteiger partial charge in [0.15, 0.2) is 0 Å². The summed E-state index contributed by atoms with van der Waals surface area (Å²) in [6.07, 6.45) is 0.693. The monoisotopic (exact) mass is 284 g/mol. The van der Waals surface area contributed by atoms with Gasteiger partial charge in [0.1, 0.15) is 11.6 Å². The van der Waals surface area contributed by atoms with E-state index < -0.39 is 0 Å². The number of hydrogen-bond acceptors (Lipinski definition) is 2. The summed E-state index contributed by atoms with van der Waals surface area (Å²) in [5, 5.41) is 0. The number of rotatable bonds is 5. The van der Waals surface area contributed by atoms with Crippen LogP contribution in [0, 0.1) is 5.82 Å². The molecule has 0 atom stereocenters. The second kappa shape index (κ2) is 6.06. The molecule has 1 heterocycles. The topological polar surface area (TPSA) is 27.1 Å². The van der Waals surface area contributed by atoms with E-state index in [1.807, 2.05) is 41.8 Å². The second-order valence-corrected chi connectivity index (χ2v) is 4.78. The first-order valence-electron chi connectivity index (χ1n) is 7.09. The van der Waals surface area contributed by atoms with Crippen molar-refractivity contribution in [2.75, 3.05) is 13.2 Å². The fourth-order valence-electron chi connectivity index (χ4n) is 2.44. The van der Waals surface area contributed by atoms with Crippen molar-refractivity contribution in [1.29, 1.82) is 0 Å². The van der Waals surface area contributed by atoms with Gasteiger partial charge < -0.3 is 4.74 Å². The van der Waals surface area contributed by atoms with E-state index in [9.17, 15) is 4.39 Å². The lowest BCUT2D eigenvalue weighted by molar-refractivity contribution is 0.149. The number of para-hydroxylation sites is 1. The van der Waals surface area contributed by atoms with Crippen LogP contribution in [0.3, 0.4) is 0 Å². The molecule has 0 aliphatic carbocycles. The Balaban J connectivity index is 2.12. The zero-order chi connectivity index (χ0) is 14.7. The summed E-state index contributed by atoms with van der Waals surface area (Å²) in [7, 11) is 0. The summed E-state index contributed by atoms with van der Waals surface area (Å²) < 4.78 is 21.0. The Bertz CT molecular complexity index is 737. The molecule has 2 aromatic carbocycles. The van der Waals surface area contributed by atoms with E-state index >= 15 is 0 Å². The van der Waals surface area contributed by atoms with E-state index in [1.165, 1.54) is 12.1 Å². The second-order valence-electron chi connectivity index (χ2n) is 4.78. The van der Waals surface area contributed by atoms with Crippen LogP contribution in [0.15, 0.2) is 48.5 Å². The van der Waals surface area contributed by atoms with Crippen molar-refractivity contribution in [2.45, 2.75) is 13.3 Å². The molecule has 0 N–H and O–H groups in total. The normalized spacial score (nSPS) is 11.1. The molecule has 3 aromatic rings. The lowest BCUT2D eigenvalue weighted by Gasteiger charge is -2.09. The van der Waals surface area contributed by atoms with E-state index in [-0.39, 0.29) is 5.82 Å². The van der Waals surface area contributed by atoms with Gasteiger partial charge in [-0.05, 0) is 31.2 Å². The molecular weight excluding hydrogens is 267 g/mol. The average Bonchev–Trinajstić information content (AvgIpc) is 2.86. The molecule has 0 amide bonds. The number of nitrogens with zero attached hydrogens (tertiary/aromatic N) is 2. The number of benzene rings is 2. The maximum Gasteiger partial charge on any atom is 0.125 e. The minimum absolute atomic E-state index is 0.254. The van der Waals surface area contributed by atoms with E-state index in [1.54, 1.807) is 6.07 Å². The van der Waals surface area contributed by atoms with Gasteiger partial charge in [-0.15, -0.1) is 0 Å². The smallest absolute Gasteiger partial charge is 0.125 e. The zero-order valence-electron chi connectivity index (χ0n) is 11.9. The zero-order valence-corrected chi connectivity index (χ0v) is 11.9. The third-order valence-corrected chi connectivity index (χ3v) is 3.37. The van der Waals surface area contributed by atoms with Crippen molar-refractivity contribution in [2.24, 2.45) is 0 Å². The molecule has 1 aromatic heterocycles. The molecule has 21 heavy (non-hydrogen) atoms. The van der Waals surface area contributed by atoms with E-state index in [0.29, 0.717) is 19.6 Å². The summed E-state index contributed by atoms with van der Waals surface area (Å²) in [5.41, 5.74) is 2.57. The van der Waals surface area contributed by atoms with Gasteiger partial charge in [-0.1, -0.05) is 18.2 Å². The van der Waals surface area contributed by atoms with Gasteiger partial charge >= 0.3 is 0 Å². The fraction of sp³-hybridized carbons (Fsp3) is 0.235. The van der Waals surface area contributed by atoms with Crippen molar-refractivity contribution in [3.8, 4) is 5.69 Å². The van der Waals surface area contributed by atoms with Crippen LogP contribution in [0.1, 0.15) is 12.7 Å². The molecule has 0 radical (unpaired) electrons. The first kappa shape index (κ1) is 13.8. The first-order valence-corrected chi connectivity index (χ1v) is 7.09. The van der Waals surface area contributed by atoms with Gasteiger partial charge in [0.05, 0.1) is 17.6 Å². The molecule has 0 spiro atoms. The van der Waals surface area contributed by atoms with E-state index in [4.69, 9.17) is 4.74 Å². The lowest BCUT2D eigenvalue weighted by atomic mass is 10.2. The number of hydrogen-bond donors (Lipinski definition) is 0. The number of fused-ring (bicyclic) bond motifs is 1. The van der Waals surface area contributed by atoms with Crippen molar-refractivity contribution in [3.63, 3.8) is 0 Å². The highest BCUT2D eigenvalue weighted by Crippen LogP contribution is 2.22. The maximum absolute atomic E-state index is 13.6.